The fourth-order valence-corrected chi connectivity index (χ4v) is 2.47. The molecule has 1 aromatic carbocycles. The molecule has 0 aliphatic rings. The Morgan fingerprint density at radius 2 is 1.54 bits per heavy atom. The van der Waals surface area contributed by atoms with E-state index < -0.39 is 17.8 Å². The van der Waals surface area contributed by atoms with Crippen LogP contribution < -0.4 is 10.6 Å². The number of alkyl halides is 3. The maximum Gasteiger partial charge on any atom is 0.418 e. The molecule has 1 rings (SSSR count). The molecule has 0 heterocycles. The van der Waals surface area contributed by atoms with Gasteiger partial charge in [-0.15, -0.1) is 0 Å². The summed E-state index contributed by atoms with van der Waals surface area (Å²) in [7, 11) is 0. The van der Waals surface area contributed by atoms with Crippen LogP contribution in [0.1, 0.15) is 63.9 Å². The SMILES string of the molecule is CCCCCCCCCCNC(=O)Nc1ccccc1C(F)(F)F. The van der Waals surface area contributed by atoms with Crippen LogP contribution in [0.3, 0.4) is 0 Å². The Bertz CT molecular complexity index is 489. The Labute approximate surface area is 142 Å². The molecule has 2 amide bonds. The van der Waals surface area contributed by atoms with Gasteiger partial charge >= 0.3 is 12.2 Å². The minimum absolute atomic E-state index is 0.224. The number of unbranched alkanes of at least 4 members (excludes halogenated alkanes) is 7. The van der Waals surface area contributed by atoms with Gasteiger partial charge in [-0.2, -0.15) is 13.2 Å². The predicted octanol–water partition coefficient (Wildman–Crippen LogP) is 5.97. The van der Waals surface area contributed by atoms with Gasteiger partial charge in [-0.1, -0.05) is 64.0 Å². The summed E-state index contributed by atoms with van der Waals surface area (Å²) in [6, 6.07) is 4.36. The maximum atomic E-state index is 12.8. The highest BCUT2D eigenvalue weighted by Crippen LogP contribution is 2.34. The van der Waals surface area contributed by atoms with E-state index in [9.17, 15) is 18.0 Å². The topological polar surface area (TPSA) is 41.1 Å². The minimum Gasteiger partial charge on any atom is -0.338 e. The summed E-state index contributed by atoms with van der Waals surface area (Å²) in [6.07, 6.45) is 4.73. The number of carbonyl (C=O) groups is 1. The smallest absolute Gasteiger partial charge is 0.338 e. The maximum absolute atomic E-state index is 12.8. The van der Waals surface area contributed by atoms with Crippen molar-refractivity contribution in [2.75, 3.05) is 11.9 Å². The van der Waals surface area contributed by atoms with E-state index in [4.69, 9.17) is 0 Å². The van der Waals surface area contributed by atoms with Crippen molar-refractivity contribution in [3.05, 3.63) is 29.8 Å². The van der Waals surface area contributed by atoms with E-state index in [1.807, 2.05) is 0 Å². The molecule has 2 N–H and O–H groups in total. The highest BCUT2D eigenvalue weighted by atomic mass is 19.4. The first-order valence-corrected chi connectivity index (χ1v) is 8.66. The number of rotatable bonds is 10. The molecule has 0 saturated carbocycles. The van der Waals surface area contributed by atoms with Crippen LogP contribution in [-0.2, 0) is 6.18 Å². The number of benzene rings is 1. The van der Waals surface area contributed by atoms with Gasteiger partial charge < -0.3 is 10.6 Å². The van der Waals surface area contributed by atoms with Gasteiger partial charge in [-0.25, -0.2) is 4.79 Å². The van der Waals surface area contributed by atoms with Crippen LogP contribution in [-0.4, -0.2) is 12.6 Å². The zero-order chi connectivity index (χ0) is 17.8. The van der Waals surface area contributed by atoms with Gasteiger partial charge in [0.05, 0.1) is 11.3 Å². The number of anilines is 1. The standard InChI is InChI=1S/C18H27F3N2O/c1-2-3-4-5-6-7-8-11-14-22-17(24)23-16-13-10-9-12-15(16)18(19,20)21/h9-10,12-13H,2-8,11,14H2,1H3,(H2,22,23,24). The van der Waals surface area contributed by atoms with Crippen molar-refractivity contribution in [3.8, 4) is 0 Å². The monoisotopic (exact) mass is 344 g/mol. The first-order chi connectivity index (χ1) is 11.4. The molecule has 1 aromatic rings. The molecular formula is C18H27F3N2O. The number of nitrogens with one attached hydrogen (secondary N) is 2. The van der Waals surface area contributed by atoms with E-state index in [1.54, 1.807) is 0 Å². The van der Waals surface area contributed by atoms with Crippen molar-refractivity contribution in [2.24, 2.45) is 0 Å². The Kier molecular flexibility index (Phi) is 9.27. The van der Waals surface area contributed by atoms with Gasteiger partial charge in [-0.05, 0) is 18.6 Å². The van der Waals surface area contributed by atoms with Crippen LogP contribution in [0.4, 0.5) is 23.7 Å². The van der Waals surface area contributed by atoms with Crippen LogP contribution in [0.2, 0.25) is 0 Å². The van der Waals surface area contributed by atoms with E-state index in [2.05, 4.69) is 17.6 Å². The summed E-state index contributed by atoms with van der Waals surface area (Å²) in [4.78, 5) is 11.7. The van der Waals surface area contributed by atoms with Gasteiger partial charge in [-0.3, -0.25) is 0 Å². The highest BCUT2D eigenvalue weighted by molar-refractivity contribution is 5.90. The Balaban J connectivity index is 2.21. The van der Waals surface area contributed by atoms with Gasteiger partial charge in [0.15, 0.2) is 0 Å². The van der Waals surface area contributed by atoms with Gasteiger partial charge in [0.1, 0.15) is 0 Å². The number of carbonyl (C=O) groups excluding carboxylic acids is 1. The van der Waals surface area contributed by atoms with E-state index in [1.165, 1.54) is 50.3 Å². The lowest BCUT2D eigenvalue weighted by Gasteiger charge is -2.14. The number of para-hydroxylation sites is 1. The number of halogens is 3. The molecule has 3 nitrogen and oxygen atoms in total. The average molecular weight is 344 g/mol. The second-order valence-electron chi connectivity index (χ2n) is 5.90. The van der Waals surface area contributed by atoms with Gasteiger partial charge in [0.25, 0.3) is 0 Å². The zero-order valence-electron chi connectivity index (χ0n) is 14.2. The van der Waals surface area contributed by atoms with Crippen molar-refractivity contribution >= 4 is 11.7 Å². The third-order valence-electron chi connectivity index (χ3n) is 3.80. The second kappa shape index (κ2) is 10.9. The number of urea groups is 1. The van der Waals surface area contributed by atoms with Crippen molar-refractivity contribution in [2.45, 2.75) is 64.5 Å². The lowest BCUT2D eigenvalue weighted by Crippen LogP contribution is -2.30. The summed E-state index contributed by atoms with van der Waals surface area (Å²) >= 11 is 0. The second-order valence-corrected chi connectivity index (χ2v) is 5.90. The Hall–Kier alpha value is -1.72. The van der Waals surface area contributed by atoms with Crippen LogP contribution in [0.25, 0.3) is 0 Å². The highest BCUT2D eigenvalue weighted by Gasteiger charge is 2.33. The third kappa shape index (κ3) is 8.22. The third-order valence-corrected chi connectivity index (χ3v) is 3.80. The minimum atomic E-state index is -4.48. The normalized spacial score (nSPS) is 11.3. The van der Waals surface area contributed by atoms with E-state index >= 15 is 0 Å². The number of hydrogen-bond donors (Lipinski definition) is 2. The molecule has 0 unspecified atom stereocenters. The summed E-state index contributed by atoms with van der Waals surface area (Å²) in [6.45, 7) is 2.65. The van der Waals surface area contributed by atoms with E-state index in [0.29, 0.717) is 6.54 Å². The fraction of sp³-hybridized carbons (Fsp3) is 0.611. The lowest BCUT2D eigenvalue weighted by molar-refractivity contribution is -0.136. The molecule has 0 aliphatic heterocycles. The fourth-order valence-electron chi connectivity index (χ4n) is 2.47. The molecule has 6 heteroatoms. The summed E-state index contributed by atoms with van der Waals surface area (Å²) in [5, 5.41) is 4.88. The molecule has 0 aliphatic carbocycles. The molecule has 0 fully saturated rings. The van der Waals surface area contributed by atoms with Crippen LogP contribution in [0.5, 0.6) is 0 Å². The van der Waals surface area contributed by atoms with Gasteiger partial charge in [0, 0.05) is 6.54 Å². The number of hydrogen-bond acceptors (Lipinski definition) is 1. The van der Waals surface area contributed by atoms with Gasteiger partial charge in [0.2, 0.25) is 0 Å². The van der Waals surface area contributed by atoms with E-state index in [0.717, 1.165) is 25.3 Å². The van der Waals surface area contributed by atoms with Crippen LogP contribution in [0.15, 0.2) is 24.3 Å². The summed E-state index contributed by atoms with van der Waals surface area (Å²) in [5.74, 6) is 0. The average Bonchev–Trinajstić information content (AvgIpc) is 2.53. The molecule has 0 saturated heterocycles. The Morgan fingerprint density at radius 3 is 2.17 bits per heavy atom. The van der Waals surface area contributed by atoms with Crippen LogP contribution in [0, 0.1) is 0 Å². The number of amides is 2. The summed E-state index contributed by atoms with van der Waals surface area (Å²) < 4.78 is 38.5. The van der Waals surface area contributed by atoms with E-state index in [-0.39, 0.29) is 5.69 Å². The van der Waals surface area contributed by atoms with Crippen molar-refractivity contribution in [1.29, 1.82) is 0 Å². The molecular weight excluding hydrogens is 317 g/mol. The van der Waals surface area contributed by atoms with Crippen molar-refractivity contribution < 1.29 is 18.0 Å². The molecule has 0 spiro atoms. The zero-order valence-corrected chi connectivity index (χ0v) is 14.2. The first kappa shape index (κ1) is 20.3. The Morgan fingerprint density at radius 1 is 0.958 bits per heavy atom. The molecule has 24 heavy (non-hydrogen) atoms. The predicted molar refractivity (Wildman–Crippen MR) is 91.1 cm³/mol. The lowest BCUT2D eigenvalue weighted by atomic mass is 10.1. The molecule has 136 valence electrons. The van der Waals surface area contributed by atoms with Crippen LogP contribution >= 0.6 is 0 Å². The summed E-state index contributed by atoms with van der Waals surface area (Å²) in [5.41, 5.74) is -1.06. The van der Waals surface area contributed by atoms with Crippen molar-refractivity contribution in [1.82, 2.24) is 5.32 Å². The molecule has 0 bridgehead atoms. The largest absolute Gasteiger partial charge is 0.418 e. The molecule has 0 atom stereocenters. The molecule has 0 aromatic heterocycles. The molecule has 0 radical (unpaired) electrons. The quantitative estimate of drug-likeness (QED) is 0.505. The first-order valence-electron chi connectivity index (χ1n) is 8.66. The van der Waals surface area contributed by atoms with Crippen molar-refractivity contribution in [3.63, 3.8) is 0 Å².